The molecule has 2 aromatic rings. The molecule has 1 N–H and O–H groups in total. The van der Waals surface area contributed by atoms with Crippen molar-refractivity contribution in [1.82, 2.24) is 9.55 Å². The van der Waals surface area contributed by atoms with Gasteiger partial charge in [-0.15, -0.1) is 0 Å². The Labute approximate surface area is 115 Å². The van der Waals surface area contributed by atoms with E-state index >= 15 is 0 Å². The number of imidazole rings is 1. The molecular weight excluding hydrogens is 296 g/mol. The Bertz CT molecular complexity index is 596. The monoisotopic (exact) mass is 310 g/mol. The molecule has 0 aliphatic rings. The molecule has 0 atom stereocenters. The molecule has 90 valence electrons. The first-order valence-corrected chi connectivity index (χ1v) is 6.77. The van der Waals surface area contributed by atoms with E-state index in [0.717, 1.165) is 14.9 Å². The van der Waals surface area contributed by atoms with Gasteiger partial charge in [-0.05, 0) is 58.7 Å². The summed E-state index contributed by atoms with van der Waals surface area (Å²) in [5.41, 5.74) is 3.52. The summed E-state index contributed by atoms with van der Waals surface area (Å²) in [4.78, 5) is 3.12. The number of hydrogen-bond acceptors (Lipinski definition) is 1. The molecule has 0 spiro atoms. The predicted octanol–water partition coefficient (Wildman–Crippen LogP) is 4.73. The van der Waals surface area contributed by atoms with Crippen molar-refractivity contribution in [2.45, 2.75) is 26.7 Å². The highest BCUT2D eigenvalue weighted by atomic mass is 79.9. The van der Waals surface area contributed by atoms with Crippen molar-refractivity contribution in [1.29, 1.82) is 0 Å². The maximum Gasteiger partial charge on any atom is 0.182 e. The minimum absolute atomic E-state index is 0.426. The zero-order valence-corrected chi connectivity index (χ0v) is 12.5. The summed E-state index contributed by atoms with van der Waals surface area (Å²) in [5, 5.41) is 0. The van der Waals surface area contributed by atoms with Crippen LogP contribution in [0.15, 0.2) is 28.9 Å². The summed E-state index contributed by atoms with van der Waals surface area (Å²) >= 11 is 8.95. The number of aryl methyl sites for hydroxylation is 1. The highest BCUT2D eigenvalue weighted by Gasteiger charge is 2.12. The van der Waals surface area contributed by atoms with Crippen LogP contribution in [0.2, 0.25) is 0 Å². The van der Waals surface area contributed by atoms with E-state index in [2.05, 4.69) is 64.5 Å². The minimum atomic E-state index is 0.426. The molecule has 0 saturated heterocycles. The molecule has 1 aromatic heterocycles. The van der Waals surface area contributed by atoms with Gasteiger partial charge in [-0.3, -0.25) is 4.57 Å². The molecule has 4 heteroatoms. The topological polar surface area (TPSA) is 20.7 Å². The van der Waals surface area contributed by atoms with E-state index in [0.29, 0.717) is 5.92 Å². The zero-order chi connectivity index (χ0) is 12.6. The molecular formula is C13H15BrN2S. The Hall–Kier alpha value is -0.870. The SMILES string of the molecule is Cc1ccc(Br)c(-n2c(C(C)C)c[nH]c2=S)c1. The van der Waals surface area contributed by atoms with Crippen LogP contribution < -0.4 is 0 Å². The lowest BCUT2D eigenvalue weighted by atomic mass is 10.1. The van der Waals surface area contributed by atoms with Gasteiger partial charge in [-0.1, -0.05) is 19.9 Å². The normalized spacial score (nSPS) is 11.1. The van der Waals surface area contributed by atoms with Gasteiger partial charge >= 0.3 is 0 Å². The standard InChI is InChI=1S/C13H15BrN2S/c1-8(2)12-7-15-13(17)16(12)11-6-9(3)4-5-10(11)14/h4-8H,1-3H3,(H,15,17). The van der Waals surface area contributed by atoms with E-state index < -0.39 is 0 Å². The molecule has 0 bridgehead atoms. The molecule has 0 saturated carbocycles. The van der Waals surface area contributed by atoms with Crippen LogP contribution in [0.3, 0.4) is 0 Å². The fourth-order valence-electron chi connectivity index (χ4n) is 1.85. The van der Waals surface area contributed by atoms with Crippen LogP contribution in [0, 0.1) is 11.7 Å². The first kappa shape index (κ1) is 12.6. The summed E-state index contributed by atoms with van der Waals surface area (Å²) in [6.07, 6.45) is 1.99. The van der Waals surface area contributed by atoms with Crippen LogP contribution in [0.5, 0.6) is 0 Å². The van der Waals surface area contributed by atoms with E-state index in [1.54, 1.807) is 0 Å². The first-order chi connectivity index (χ1) is 8.00. The van der Waals surface area contributed by atoms with Crippen molar-refractivity contribution in [2.75, 3.05) is 0 Å². The fraction of sp³-hybridized carbons (Fsp3) is 0.308. The van der Waals surface area contributed by atoms with E-state index in [4.69, 9.17) is 12.2 Å². The third kappa shape index (κ3) is 2.38. The van der Waals surface area contributed by atoms with E-state index in [9.17, 15) is 0 Å². The lowest BCUT2D eigenvalue weighted by Gasteiger charge is -2.13. The quantitative estimate of drug-likeness (QED) is 0.795. The van der Waals surface area contributed by atoms with Crippen molar-refractivity contribution in [3.63, 3.8) is 0 Å². The predicted molar refractivity (Wildman–Crippen MR) is 77.5 cm³/mol. The molecule has 2 nitrogen and oxygen atoms in total. The highest BCUT2D eigenvalue weighted by Crippen LogP contribution is 2.26. The van der Waals surface area contributed by atoms with Crippen LogP contribution in [-0.2, 0) is 0 Å². The summed E-state index contributed by atoms with van der Waals surface area (Å²) in [7, 11) is 0. The summed E-state index contributed by atoms with van der Waals surface area (Å²) in [6, 6.07) is 6.28. The number of H-pyrrole nitrogens is 1. The van der Waals surface area contributed by atoms with Gasteiger partial charge in [-0.2, -0.15) is 0 Å². The van der Waals surface area contributed by atoms with Gasteiger partial charge in [0.15, 0.2) is 4.77 Å². The number of halogens is 1. The zero-order valence-electron chi connectivity index (χ0n) is 10.1. The molecule has 2 rings (SSSR count). The van der Waals surface area contributed by atoms with E-state index in [1.807, 2.05) is 6.20 Å². The van der Waals surface area contributed by atoms with Gasteiger partial charge in [0.1, 0.15) is 0 Å². The molecule has 0 fully saturated rings. The summed E-state index contributed by atoms with van der Waals surface area (Å²) in [6.45, 7) is 6.41. The third-order valence-corrected chi connectivity index (χ3v) is 3.71. The Morgan fingerprint density at radius 3 is 2.71 bits per heavy atom. The molecule has 0 unspecified atom stereocenters. The second kappa shape index (κ2) is 4.78. The van der Waals surface area contributed by atoms with Crippen molar-refractivity contribution < 1.29 is 0 Å². The summed E-state index contributed by atoms with van der Waals surface area (Å²) in [5.74, 6) is 0.426. The summed E-state index contributed by atoms with van der Waals surface area (Å²) < 4.78 is 3.89. The molecule has 1 heterocycles. The van der Waals surface area contributed by atoms with Crippen LogP contribution in [-0.4, -0.2) is 9.55 Å². The number of aromatic amines is 1. The molecule has 0 aliphatic carbocycles. The average Bonchev–Trinajstić information content (AvgIpc) is 2.64. The van der Waals surface area contributed by atoms with Crippen molar-refractivity contribution in [2.24, 2.45) is 0 Å². The van der Waals surface area contributed by atoms with E-state index in [1.165, 1.54) is 11.3 Å². The maximum atomic E-state index is 5.36. The van der Waals surface area contributed by atoms with Crippen LogP contribution in [0.25, 0.3) is 5.69 Å². The lowest BCUT2D eigenvalue weighted by Crippen LogP contribution is -2.03. The molecule has 0 amide bonds. The minimum Gasteiger partial charge on any atom is -0.337 e. The molecule has 0 radical (unpaired) electrons. The van der Waals surface area contributed by atoms with Gasteiger partial charge in [0.05, 0.1) is 5.69 Å². The Kier molecular flexibility index (Phi) is 3.54. The van der Waals surface area contributed by atoms with Crippen LogP contribution >= 0.6 is 28.1 Å². The number of benzene rings is 1. The van der Waals surface area contributed by atoms with Gasteiger partial charge in [0, 0.05) is 16.4 Å². The van der Waals surface area contributed by atoms with E-state index in [-0.39, 0.29) is 0 Å². The van der Waals surface area contributed by atoms with Gasteiger partial charge in [0.25, 0.3) is 0 Å². The Balaban J connectivity index is 2.72. The van der Waals surface area contributed by atoms with Gasteiger partial charge < -0.3 is 4.98 Å². The van der Waals surface area contributed by atoms with Crippen molar-refractivity contribution in [3.05, 3.63) is 44.9 Å². The largest absolute Gasteiger partial charge is 0.337 e. The number of nitrogens with zero attached hydrogens (tertiary/aromatic N) is 1. The van der Waals surface area contributed by atoms with Crippen LogP contribution in [0.4, 0.5) is 0 Å². The highest BCUT2D eigenvalue weighted by molar-refractivity contribution is 9.10. The molecule has 17 heavy (non-hydrogen) atoms. The van der Waals surface area contributed by atoms with Crippen molar-refractivity contribution >= 4 is 28.1 Å². The number of hydrogen-bond donors (Lipinski definition) is 1. The number of rotatable bonds is 2. The molecule has 1 aromatic carbocycles. The lowest BCUT2D eigenvalue weighted by molar-refractivity contribution is 0.782. The smallest absolute Gasteiger partial charge is 0.182 e. The second-order valence-electron chi connectivity index (χ2n) is 4.46. The fourth-order valence-corrected chi connectivity index (χ4v) is 2.54. The van der Waals surface area contributed by atoms with Gasteiger partial charge in [0.2, 0.25) is 0 Å². The Morgan fingerprint density at radius 2 is 2.06 bits per heavy atom. The first-order valence-electron chi connectivity index (χ1n) is 5.57. The third-order valence-electron chi connectivity index (χ3n) is 2.74. The number of aromatic nitrogens is 2. The Morgan fingerprint density at radius 1 is 1.35 bits per heavy atom. The van der Waals surface area contributed by atoms with Gasteiger partial charge in [-0.25, -0.2) is 0 Å². The second-order valence-corrected chi connectivity index (χ2v) is 5.70. The maximum absolute atomic E-state index is 5.36. The van der Waals surface area contributed by atoms with Crippen molar-refractivity contribution in [3.8, 4) is 5.69 Å². The average molecular weight is 311 g/mol. The molecule has 0 aliphatic heterocycles. The van der Waals surface area contributed by atoms with Crippen LogP contribution in [0.1, 0.15) is 31.0 Å². The number of nitrogens with one attached hydrogen (secondary N) is 1.